The maximum absolute atomic E-state index is 11.1. The Hall–Kier alpha value is -0.900. The van der Waals surface area contributed by atoms with E-state index in [2.05, 4.69) is 0 Å². The maximum atomic E-state index is 11.1. The summed E-state index contributed by atoms with van der Waals surface area (Å²) in [5.41, 5.74) is 0. The van der Waals surface area contributed by atoms with Gasteiger partial charge in [-0.25, -0.2) is 0 Å². The van der Waals surface area contributed by atoms with Crippen molar-refractivity contribution in [3.8, 4) is 0 Å². The molecular formula is C11H20O8. The fourth-order valence-electron chi connectivity index (χ4n) is 1.08. The summed E-state index contributed by atoms with van der Waals surface area (Å²) >= 11 is 0. The Morgan fingerprint density at radius 3 is 2.05 bits per heavy atom. The summed E-state index contributed by atoms with van der Waals surface area (Å²) < 4.78 is 9.74. The molecule has 0 aliphatic heterocycles. The molecule has 0 bridgehead atoms. The third kappa shape index (κ3) is 10.7. The van der Waals surface area contributed by atoms with Crippen molar-refractivity contribution in [2.75, 3.05) is 39.6 Å². The molecule has 2 atom stereocenters. The summed E-state index contributed by atoms with van der Waals surface area (Å²) in [5.74, 6) is -1.07. The van der Waals surface area contributed by atoms with Crippen molar-refractivity contribution in [1.29, 1.82) is 0 Å². The molecule has 0 aromatic carbocycles. The van der Waals surface area contributed by atoms with E-state index in [1.807, 2.05) is 0 Å². The largest absolute Gasteiger partial charge is 0.394 e. The molecule has 2 unspecified atom stereocenters. The van der Waals surface area contributed by atoms with Gasteiger partial charge in [-0.05, 0) is 0 Å². The zero-order chi connectivity index (χ0) is 14.7. The Morgan fingerprint density at radius 1 is 0.895 bits per heavy atom. The van der Waals surface area contributed by atoms with Gasteiger partial charge in [0, 0.05) is 0 Å². The highest BCUT2D eigenvalue weighted by Gasteiger charge is 2.11. The van der Waals surface area contributed by atoms with E-state index in [0.717, 1.165) is 0 Å². The number of hydrogen-bond acceptors (Lipinski definition) is 8. The van der Waals surface area contributed by atoms with Gasteiger partial charge in [0.05, 0.1) is 32.8 Å². The summed E-state index contributed by atoms with van der Waals surface area (Å²) in [6.07, 6.45) is -2.38. The highest BCUT2D eigenvalue weighted by molar-refractivity contribution is 6.00. The van der Waals surface area contributed by atoms with Gasteiger partial charge in [-0.1, -0.05) is 0 Å². The molecule has 0 heterocycles. The minimum Gasteiger partial charge on any atom is -0.394 e. The number of hydrogen-bond donors (Lipinski definition) is 4. The molecule has 0 aromatic heterocycles. The molecule has 0 rings (SSSR count). The second kappa shape index (κ2) is 11.0. The van der Waals surface area contributed by atoms with Crippen molar-refractivity contribution < 1.29 is 39.5 Å². The molecule has 0 aliphatic rings. The Balaban J connectivity index is 3.54. The van der Waals surface area contributed by atoms with E-state index < -0.39 is 43.4 Å². The van der Waals surface area contributed by atoms with Crippen LogP contribution < -0.4 is 0 Å². The topological polar surface area (TPSA) is 134 Å². The van der Waals surface area contributed by atoms with Crippen LogP contribution in [0.1, 0.15) is 6.42 Å². The first-order valence-electron chi connectivity index (χ1n) is 5.76. The van der Waals surface area contributed by atoms with Crippen molar-refractivity contribution >= 4 is 11.6 Å². The van der Waals surface area contributed by atoms with Crippen LogP contribution in [0.2, 0.25) is 0 Å². The lowest BCUT2D eigenvalue weighted by Gasteiger charge is -2.13. The Morgan fingerprint density at radius 2 is 1.47 bits per heavy atom. The zero-order valence-corrected chi connectivity index (χ0v) is 10.5. The van der Waals surface area contributed by atoms with Gasteiger partial charge >= 0.3 is 0 Å². The van der Waals surface area contributed by atoms with Crippen LogP contribution in [0.5, 0.6) is 0 Å². The van der Waals surface area contributed by atoms with E-state index in [9.17, 15) is 14.7 Å². The van der Waals surface area contributed by atoms with Gasteiger partial charge < -0.3 is 29.9 Å². The molecule has 0 fully saturated rings. The van der Waals surface area contributed by atoms with E-state index >= 15 is 0 Å². The first kappa shape index (κ1) is 18.1. The molecule has 0 saturated heterocycles. The van der Waals surface area contributed by atoms with Gasteiger partial charge in [0.2, 0.25) is 0 Å². The van der Waals surface area contributed by atoms with E-state index in [4.69, 9.17) is 24.8 Å². The van der Waals surface area contributed by atoms with Crippen LogP contribution in [0, 0.1) is 0 Å². The zero-order valence-electron chi connectivity index (χ0n) is 10.5. The maximum Gasteiger partial charge on any atom is 0.165 e. The lowest BCUT2D eigenvalue weighted by atomic mass is 10.2. The van der Waals surface area contributed by atoms with Crippen molar-refractivity contribution in [3.05, 3.63) is 0 Å². The lowest BCUT2D eigenvalue weighted by molar-refractivity contribution is -0.132. The summed E-state index contributed by atoms with van der Waals surface area (Å²) in [5, 5.41) is 35.2. The third-order valence-electron chi connectivity index (χ3n) is 1.98. The molecule has 4 N–H and O–H groups in total. The molecule has 8 heteroatoms. The van der Waals surface area contributed by atoms with Crippen molar-refractivity contribution in [2.24, 2.45) is 0 Å². The molecule has 0 aliphatic carbocycles. The van der Waals surface area contributed by atoms with Crippen LogP contribution in [0.4, 0.5) is 0 Å². The van der Waals surface area contributed by atoms with Gasteiger partial charge in [0.25, 0.3) is 0 Å². The highest BCUT2D eigenvalue weighted by Crippen LogP contribution is 1.92. The molecule has 0 spiro atoms. The van der Waals surface area contributed by atoms with Crippen LogP contribution in [0.25, 0.3) is 0 Å². The summed E-state index contributed by atoms with van der Waals surface area (Å²) in [7, 11) is 0. The normalized spacial score (nSPS) is 14.1. The number of Topliss-reactive ketones (excluding diaryl/α,β-unsaturated/α-hetero) is 2. The third-order valence-corrected chi connectivity index (χ3v) is 1.98. The first-order chi connectivity index (χ1) is 8.99. The average Bonchev–Trinajstić information content (AvgIpc) is 2.38. The van der Waals surface area contributed by atoms with Gasteiger partial charge in [-0.3, -0.25) is 9.59 Å². The monoisotopic (exact) mass is 280 g/mol. The molecule has 112 valence electrons. The number of ketones is 2. The van der Waals surface area contributed by atoms with Crippen molar-refractivity contribution in [3.63, 3.8) is 0 Å². The molecule has 0 amide bonds. The van der Waals surface area contributed by atoms with Gasteiger partial charge in [-0.2, -0.15) is 0 Å². The fraction of sp³-hybridized carbons (Fsp3) is 0.818. The van der Waals surface area contributed by atoms with E-state index in [1.54, 1.807) is 0 Å². The van der Waals surface area contributed by atoms with Crippen molar-refractivity contribution in [2.45, 2.75) is 18.6 Å². The smallest absolute Gasteiger partial charge is 0.165 e. The van der Waals surface area contributed by atoms with Crippen LogP contribution in [0.3, 0.4) is 0 Å². The second-order valence-electron chi connectivity index (χ2n) is 3.96. The van der Waals surface area contributed by atoms with Crippen LogP contribution in [-0.4, -0.2) is 83.8 Å². The van der Waals surface area contributed by atoms with Crippen LogP contribution in [-0.2, 0) is 19.1 Å². The number of aliphatic hydroxyl groups excluding tert-OH is 4. The van der Waals surface area contributed by atoms with Gasteiger partial charge in [-0.15, -0.1) is 0 Å². The summed E-state index contributed by atoms with van der Waals surface area (Å²) in [6.45, 7) is -1.83. The average molecular weight is 280 g/mol. The number of carbonyl (C=O) groups is 2. The van der Waals surface area contributed by atoms with Gasteiger partial charge in [0.15, 0.2) is 11.6 Å². The number of ether oxygens (including phenoxy) is 2. The molecule has 8 nitrogen and oxygen atoms in total. The Labute approximate surface area is 110 Å². The molecule has 19 heavy (non-hydrogen) atoms. The minimum absolute atomic E-state index is 0.110. The highest BCUT2D eigenvalue weighted by atomic mass is 16.5. The Kier molecular flexibility index (Phi) is 10.5. The second-order valence-corrected chi connectivity index (χ2v) is 3.96. The van der Waals surface area contributed by atoms with E-state index in [0.29, 0.717) is 0 Å². The minimum atomic E-state index is -1.00. The van der Waals surface area contributed by atoms with Gasteiger partial charge in [0.1, 0.15) is 25.4 Å². The quantitative estimate of drug-likeness (QED) is 0.283. The van der Waals surface area contributed by atoms with Crippen molar-refractivity contribution in [1.82, 2.24) is 0 Å². The molecule has 0 aromatic rings. The molecule has 0 saturated carbocycles. The predicted octanol–water partition coefficient (Wildman–Crippen LogP) is -2.75. The Bertz CT molecular complexity index is 267. The van der Waals surface area contributed by atoms with E-state index in [-0.39, 0.29) is 26.4 Å². The number of rotatable bonds is 12. The number of carbonyl (C=O) groups excluding carboxylic acids is 2. The SMILES string of the molecule is O=C(CO)CC(=O)COCC(O)COCC(O)CO. The predicted molar refractivity (Wildman–Crippen MR) is 62.5 cm³/mol. The molecule has 0 radical (unpaired) electrons. The lowest BCUT2D eigenvalue weighted by Crippen LogP contribution is -2.27. The number of aliphatic hydroxyl groups is 4. The summed E-state index contributed by atoms with van der Waals surface area (Å²) in [4.78, 5) is 21.8. The first-order valence-corrected chi connectivity index (χ1v) is 5.76. The molecular weight excluding hydrogens is 260 g/mol. The van der Waals surface area contributed by atoms with E-state index in [1.165, 1.54) is 0 Å². The standard InChI is InChI=1S/C11H20O8/c12-2-8(14)1-9(15)4-18-6-11(17)7-19-5-10(16)3-13/h10-13,16-17H,1-7H2. The van der Waals surface area contributed by atoms with Crippen LogP contribution >= 0.6 is 0 Å². The van der Waals surface area contributed by atoms with Crippen LogP contribution in [0.15, 0.2) is 0 Å². The summed E-state index contributed by atoms with van der Waals surface area (Å²) in [6, 6.07) is 0. The fourth-order valence-corrected chi connectivity index (χ4v) is 1.08.